The molecule has 2 heterocycles. The molecule has 0 aliphatic carbocycles. The van der Waals surface area contributed by atoms with Gasteiger partial charge in [-0.2, -0.15) is 5.10 Å². The van der Waals surface area contributed by atoms with E-state index >= 15 is 0 Å². The minimum atomic E-state index is 0. The minimum Gasteiger partial charge on any atom is -0.327 e. The molecule has 2 N–H and O–H groups in total. The van der Waals surface area contributed by atoms with Crippen molar-refractivity contribution < 1.29 is 0 Å². The number of halogens is 1. The second-order valence-corrected chi connectivity index (χ2v) is 6.73. The Hall–Kier alpha value is -1.36. The normalized spacial score (nSPS) is 21.9. The summed E-state index contributed by atoms with van der Waals surface area (Å²) in [7, 11) is 1.96. The van der Waals surface area contributed by atoms with E-state index in [4.69, 9.17) is 5.73 Å². The van der Waals surface area contributed by atoms with Gasteiger partial charge in [0.05, 0.1) is 6.20 Å². The number of likely N-dealkylation sites (tertiary alicyclic amines) is 1. The molecule has 0 spiro atoms. The maximum absolute atomic E-state index is 6.14. The molecule has 4 nitrogen and oxygen atoms in total. The van der Waals surface area contributed by atoms with Crippen LogP contribution in [-0.4, -0.2) is 33.8 Å². The fourth-order valence-corrected chi connectivity index (χ4v) is 3.29. The quantitative estimate of drug-likeness (QED) is 0.938. The van der Waals surface area contributed by atoms with E-state index in [-0.39, 0.29) is 12.4 Å². The molecular weight excluding hydrogens is 308 g/mol. The molecule has 2 atom stereocenters. The molecule has 1 aliphatic heterocycles. The second-order valence-electron chi connectivity index (χ2n) is 6.73. The SMILES string of the molecule is Cc1ccc(CN2CCC(N)C(C)C2)c(-c2cnn(C)c2)c1.Cl. The van der Waals surface area contributed by atoms with Crippen molar-refractivity contribution in [3.63, 3.8) is 0 Å². The van der Waals surface area contributed by atoms with Crippen LogP contribution in [0.2, 0.25) is 0 Å². The Balaban J connectivity index is 0.00000192. The Labute approximate surface area is 145 Å². The summed E-state index contributed by atoms with van der Waals surface area (Å²) < 4.78 is 1.86. The van der Waals surface area contributed by atoms with Crippen molar-refractivity contribution in [3.05, 3.63) is 41.7 Å². The fraction of sp³-hybridized carbons (Fsp3) is 0.500. The highest BCUT2D eigenvalue weighted by atomic mass is 35.5. The molecule has 1 saturated heterocycles. The van der Waals surface area contributed by atoms with Crippen LogP contribution in [0, 0.1) is 12.8 Å². The first kappa shape index (κ1) is 18.0. The van der Waals surface area contributed by atoms with Gasteiger partial charge >= 0.3 is 0 Å². The first-order chi connectivity index (χ1) is 10.5. The van der Waals surface area contributed by atoms with E-state index in [1.54, 1.807) is 0 Å². The number of aryl methyl sites for hydroxylation is 2. The Morgan fingerprint density at radius 3 is 2.78 bits per heavy atom. The molecule has 0 saturated carbocycles. The standard InChI is InChI=1S/C18H26N4.ClH/c1-13-4-5-15(12-22-7-6-18(19)14(2)10-22)17(8-13)16-9-20-21(3)11-16;/h4-5,8-9,11,14,18H,6-7,10,12,19H2,1-3H3;1H. The van der Waals surface area contributed by atoms with Gasteiger partial charge in [0, 0.05) is 37.9 Å². The van der Waals surface area contributed by atoms with Crippen LogP contribution in [0.1, 0.15) is 24.5 Å². The lowest BCUT2D eigenvalue weighted by Gasteiger charge is -2.35. The fourth-order valence-electron chi connectivity index (χ4n) is 3.29. The zero-order valence-electron chi connectivity index (χ0n) is 14.2. The van der Waals surface area contributed by atoms with E-state index in [2.05, 4.69) is 48.2 Å². The predicted octanol–water partition coefficient (Wildman–Crippen LogP) is 2.99. The highest BCUT2D eigenvalue weighted by Gasteiger charge is 2.23. The largest absolute Gasteiger partial charge is 0.327 e. The summed E-state index contributed by atoms with van der Waals surface area (Å²) in [5.74, 6) is 0.570. The third kappa shape index (κ3) is 4.14. The number of piperidine rings is 1. The lowest BCUT2D eigenvalue weighted by Crippen LogP contribution is -2.45. The topological polar surface area (TPSA) is 47.1 Å². The summed E-state index contributed by atoms with van der Waals surface area (Å²) >= 11 is 0. The van der Waals surface area contributed by atoms with Crippen LogP contribution >= 0.6 is 12.4 Å². The van der Waals surface area contributed by atoms with Crippen LogP contribution in [0.4, 0.5) is 0 Å². The van der Waals surface area contributed by atoms with Gasteiger partial charge in [-0.15, -0.1) is 12.4 Å². The number of benzene rings is 1. The van der Waals surface area contributed by atoms with Crippen molar-refractivity contribution in [2.24, 2.45) is 18.7 Å². The van der Waals surface area contributed by atoms with E-state index in [0.717, 1.165) is 26.1 Å². The van der Waals surface area contributed by atoms with E-state index in [9.17, 15) is 0 Å². The molecule has 1 aliphatic rings. The van der Waals surface area contributed by atoms with Gasteiger partial charge in [-0.3, -0.25) is 9.58 Å². The van der Waals surface area contributed by atoms with Gasteiger partial charge in [0.2, 0.25) is 0 Å². The second kappa shape index (κ2) is 7.47. The Morgan fingerprint density at radius 1 is 1.35 bits per heavy atom. The molecule has 0 radical (unpaired) electrons. The van der Waals surface area contributed by atoms with Crippen LogP contribution < -0.4 is 5.73 Å². The Kier molecular flexibility index (Phi) is 5.84. The summed E-state index contributed by atoms with van der Waals surface area (Å²) in [4.78, 5) is 2.53. The van der Waals surface area contributed by atoms with Crippen LogP contribution in [0.5, 0.6) is 0 Å². The zero-order chi connectivity index (χ0) is 15.7. The van der Waals surface area contributed by atoms with Crippen molar-refractivity contribution in [2.45, 2.75) is 32.9 Å². The summed E-state index contributed by atoms with van der Waals surface area (Å²) in [6, 6.07) is 7.09. The van der Waals surface area contributed by atoms with E-state index in [0.29, 0.717) is 12.0 Å². The van der Waals surface area contributed by atoms with Crippen molar-refractivity contribution in [2.75, 3.05) is 13.1 Å². The van der Waals surface area contributed by atoms with Gasteiger partial charge < -0.3 is 5.73 Å². The predicted molar refractivity (Wildman–Crippen MR) is 97.7 cm³/mol. The van der Waals surface area contributed by atoms with Crippen molar-refractivity contribution >= 4 is 12.4 Å². The lowest BCUT2D eigenvalue weighted by molar-refractivity contribution is 0.158. The molecule has 2 aromatic rings. The molecule has 2 unspecified atom stereocenters. The molecule has 1 aromatic carbocycles. The van der Waals surface area contributed by atoms with Crippen molar-refractivity contribution in [1.29, 1.82) is 0 Å². The maximum atomic E-state index is 6.14. The number of rotatable bonds is 3. The van der Waals surface area contributed by atoms with Crippen molar-refractivity contribution in [3.8, 4) is 11.1 Å². The monoisotopic (exact) mass is 334 g/mol. The highest BCUT2D eigenvalue weighted by molar-refractivity contribution is 5.85. The first-order valence-corrected chi connectivity index (χ1v) is 8.09. The molecule has 126 valence electrons. The molecule has 23 heavy (non-hydrogen) atoms. The molecule has 3 rings (SSSR count). The number of hydrogen-bond acceptors (Lipinski definition) is 3. The average Bonchev–Trinajstić information content (AvgIpc) is 2.91. The summed E-state index contributed by atoms with van der Waals surface area (Å²) in [6.45, 7) is 7.56. The summed E-state index contributed by atoms with van der Waals surface area (Å²) in [5.41, 5.74) is 11.3. The number of hydrogen-bond donors (Lipinski definition) is 1. The number of nitrogens with zero attached hydrogens (tertiary/aromatic N) is 3. The van der Waals surface area contributed by atoms with Gasteiger partial charge in [0.1, 0.15) is 0 Å². The van der Waals surface area contributed by atoms with Crippen LogP contribution in [-0.2, 0) is 13.6 Å². The molecule has 1 fully saturated rings. The van der Waals surface area contributed by atoms with Gasteiger partial charge in [-0.1, -0.05) is 30.7 Å². The molecule has 1 aromatic heterocycles. The van der Waals surface area contributed by atoms with Crippen LogP contribution in [0.15, 0.2) is 30.6 Å². The summed E-state index contributed by atoms with van der Waals surface area (Å²) in [5, 5.41) is 4.32. The van der Waals surface area contributed by atoms with Crippen LogP contribution in [0.3, 0.4) is 0 Å². The summed E-state index contributed by atoms with van der Waals surface area (Å²) in [6.07, 6.45) is 5.13. The zero-order valence-corrected chi connectivity index (χ0v) is 15.0. The minimum absolute atomic E-state index is 0. The number of nitrogens with two attached hydrogens (primary N) is 1. The highest BCUT2D eigenvalue weighted by Crippen LogP contribution is 2.27. The van der Waals surface area contributed by atoms with E-state index < -0.39 is 0 Å². The maximum Gasteiger partial charge on any atom is 0.0568 e. The third-order valence-corrected chi connectivity index (χ3v) is 4.73. The lowest BCUT2D eigenvalue weighted by atomic mass is 9.93. The van der Waals surface area contributed by atoms with Gasteiger partial charge in [-0.05, 0) is 36.9 Å². The Morgan fingerprint density at radius 2 is 2.13 bits per heavy atom. The third-order valence-electron chi connectivity index (χ3n) is 4.73. The molecular formula is C18H27ClN4. The molecule has 0 bridgehead atoms. The molecule has 0 amide bonds. The van der Waals surface area contributed by atoms with Gasteiger partial charge in [0.25, 0.3) is 0 Å². The average molecular weight is 335 g/mol. The van der Waals surface area contributed by atoms with Gasteiger partial charge in [0.15, 0.2) is 0 Å². The number of aromatic nitrogens is 2. The first-order valence-electron chi connectivity index (χ1n) is 8.09. The van der Waals surface area contributed by atoms with E-state index in [1.165, 1.54) is 22.3 Å². The van der Waals surface area contributed by atoms with E-state index in [1.807, 2.05) is 17.9 Å². The van der Waals surface area contributed by atoms with Gasteiger partial charge in [-0.25, -0.2) is 0 Å². The van der Waals surface area contributed by atoms with Crippen LogP contribution in [0.25, 0.3) is 11.1 Å². The van der Waals surface area contributed by atoms with Crippen molar-refractivity contribution in [1.82, 2.24) is 14.7 Å². The Bertz CT molecular complexity index is 652. The molecule has 5 heteroatoms. The smallest absolute Gasteiger partial charge is 0.0568 e.